The Hall–Kier alpha value is -4.34. The molecule has 0 bridgehead atoms. The van der Waals surface area contributed by atoms with Gasteiger partial charge in [-0.05, 0) is 42.9 Å². The lowest BCUT2D eigenvalue weighted by molar-refractivity contribution is 0.0661. The number of benzene rings is 2. The highest BCUT2D eigenvalue weighted by atomic mass is 16.4. The molecule has 38 heavy (non-hydrogen) atoms. The molecule has 196 valence electrons. The zero-order chi connectivity index (χ0) is 27.1. The number of aromatic nitrogens is 2. The zero-order valence-electron chi connectivity index (χ0n) is 21.0. The molecule has 1 atom stereocenters. The van der Waals surface area contributed by atoms with Crippen molar-refractivity contribution in [2.24, 2.45) is 5.92 Å². The number of aliphatic hydroxyl groups excluding tert-OH is 2. The predicted octanol–water partition coefficient (Wildman–Crippen LogP) is 4.91. The monoisotopic (exact) mass is 516 g/mol. The summed E-state index contributed by atoms with van der Waals surface area (Å²) in [5, 5.41) is 41.7. The fourth-order valence-electron chi connectivity index (χ4n) is 5.04. The molecule has 0 aliphatic carbocycles. The number of aromatic carboxylic acids is 1. The highest BCUT2D eigenvalue weighted by molar-refractivity contribution is 6.19. The first-order valence-electron chi connectivity index (χ1n) is 12.3. The lowest BCUT2D eigenvalue weighted by Crippen LogP contribution is -2.03. The van der Waals surface area contributed by atoms with Gasteiger partial charge in [0.1, 0.15) is 0 Å². The van der Waals surface area contributed by atoms with Gasteiger partial charge in [0.15, 0.2) is 5.75 Å². The second kappa shape index (κ2) is 9.85. The van der Waals surface area contributed by atoms with Crippen molar-refractivity contribution in [3.05, 3.63) is 76.5 Å². The van der Waals surface area contributed by atoms with Gasteiger partial charge in [-0.3, -0.25) is 4.79 Å². The van der Waals surface area contributed by atoms with Crippen molar-refractivity contribution in [3.63, 3.8) is 0 Å². The molecule has 9 heteroatoms. The molecule has 0 aliphatic rings. The summed E-state index contributed by atoms with van der Waals surface area (Å²) < 4.78 is 5.54. The number of aryl methyl sites for hydroxylation is 2. The van der Waals surface area contributed by atoms with Crippen LogP contribution in [0.5, 0.6) is 5.75 Å². The van der Waals surface area contributed by atoms with E-state index in [-0.39, 0.29) is 34.9 Å². The minimum absolute atomic E-state index is 0.0872. The fourth-order valence-corrected chi connectivity index (χ4v) is 5.04. The fraction of sp³-hybridized carbons (Fsp3) is 0.241. The number of nitrogens with one attached hydrogen (secondary N) is 2. The molecule has 6 N–H and O–H groups in total. The maximum absolute atomic E-state index is 13.7. The molecule has 1 unspecified atom stereocenters. The Morgan fingerprint density at radius 1 is 1.05 bits per heavy atom. The van der Waals surface area contributed by atoms with Crippen LogP contribution in [0, 0.1) is 12.8 Å². The third-order valence-electron chi connectivity index (χ3n) is 7.07. The van der Waals surface area contributed by atoms with E-state index in [4.69, 9.17) is 4.42 Å². The van der Waals surface area contributed by atoms with Gasteiger partial charge in [0.2, 0.25) is 17.3 Å². The van der Waals surface area contributed by atoms with Crippen LogP contribution in [0.15, 0.2) is 47.0 Å². The lowest BCUT2D eigenvalue weighted by atomic mass is 9.95. The van der Waals surface area contributed by atoms with Gasteiger partial charge in [-0.1, -0.05) is 37.3 Å². The van der Waals surface area contributed by atoms with E-state index in [2.05, 4.69) is 9.97 Å². The first kappa shape index (κ1) is 25.3. The number of para-hydroxylation sites is 1. The number of ketones is 1. The molecular weight excluding hydrogens is 488 g/mol. The van der Waals surface area contributed by atoms with E-state index in [9.17, 15) is 30.0 Å². The van der Waals surface area contributed by atoms with Crippen molar-refractivity contribution in [1.29, 1.82) is 0 Å². The summed E-state index contributed by atoms with van der Waals surface area (Å²) in [4.78, 5) is 32.1. The quantitative estimate of drug-likeness (QED) is 0.152. The molecule has 0 spiro atoms. The van der Waals surface area contributed by atoms with Crippen LogP contribution in [0.25, 0.3) is 32.9 Å². The second-order valence-corrected chi connectivity index (χ2v) is 9.62. The molecule has 0 saturated heterocycles. The molecule has 2 aromatic carbocycles. The number of hydrogen-bond acceptors (Lipinski definition) is 6. The summed E-state index contributed by atoms with van der Waals surface area (Å²) in [5.74, 6) is -3.70. The minimum Gasteiger partial charge on any atom is -0.504 e. The topological polar surface area (TPSA) is 160 Å². The molecule has 9 nitrogen and oxygen atoms in total. The van der Waals surface area contributed by atoms with E-state index < -0.39 is 35.6 Å². The molecule has 3 heterocycles. The smallest absolute Gasteiger partial charge is 0.372 e. The number of H-pyrrole nitrogens is 2. The first-order chi connectivity index (χ1) is 18.3. The molecule has 5 rings (SSSR count). The molecule has 5 aromatic rings. The number of furan rings is 1. The minimum atomic E-state index is -1.46. The van der Waals surface area contributed by atoms with Crippen molar-refractivity contribution < 1.29 is 34.4 Å². The Morgan fingerprint density at radius 3 is 2.53 bits per heavy atom. The van der Waals surface area contributed by atoms with Crippen molar-refractivity contribution in [2.45, 2.75) is 33.3 Å². The van der Waals surface area contributed by atoms with E-state index in [1.165, 1.54) is 6.20 Å². The van der Waals surface area contributed by atoms with Crippen molar-refractivity contribution in [3.8, 4) is 16.9 Å². The summed E-state index contributed by atoms with van der Waals surface area (Å²) >= 11 is 0. The van der Waals surface area contributed by atoms with Crippen LogP contribution < -0.4 is 0 Å². The Kier molecular flexibility index (Phi) is 6.56. The second-order valence-electron chi connectivity index (χ2n) is 9.62. The van der Waals surface area contributed by atoms with Gasteiger partial charge in [0, 0.05) is 45.9 Å². The number of aliphatic hydroxyl groups is 2. The number of hydrogen-bond donors (Lipinski definition) is 6. The Labute approximate surface area is 217 Å². The van der Waals surface area contributed by atoms with Gasteiger partial charge in [-0.2, -0.15) is 0 Å². The van der Waals surface area contributed by atoms with Crippen LogP contribution in [0.4, 0.5) is 0 Å². The first-order valence-corrected chi connectivity index (χ1v) is 12.3. The average Bonchev–Trinajstić information content (AvgIpc) is 3.61. The highest BCUT2D eigenvalue weighted by Gasteiger charge is 2.33. The van der Waals surface area contributed by atoms with Crippen LogP contribution >= 0.6 is 0 Å². The summed E-state index contributed by atoms with van der Waals surface area (Å²) in [7, 11) is 0. The lowest BCUT2D eigenvalue weighted by Gasteiger charge is -2.10. The van der Waals surface area contributed by atoms with Crippen LogP contribution in [-0.4, -0.2) is 48.8 Å². The van der Waals surface area contributed by atoms with Gasteiger partial charge in [0.05, 0.1) is 17.7 Å². The molecular formula is C29H28N2O7. The molecule has 0 aliphatic heterocycles. The molecule has 3 aromatic heterocycles. The predicted molar refractivity (Wildman–Crippen MR) is 142 cm³/mol. The van der Waals surface area contributed by atoms with Crippen LogP contribution in [0.2, 0.25) is 0 Å². The normalized spacial score (nSPS) is 12.4. The third-order valence-corrected chi connectivity index (χ3v) is 7.07. The summed E-state index contributed by atoms with van der Waals surface area (Å²) in [6, 6.07) is 10.9. The van der Waals surface area contributed by atoms with E-state index in [1.54, 1.807) is 24.3 Å². The molecule has 0 saturated carbocycles. The number of rotatable bonds is 9. The number of aromatic amines is 2. The van der Waals surface area contributed by atoms with Crippen molar-refractivity contribution in [1.82, 2.24) is 9.97 Å². The maximum Gasteiger partial charge on any atom is 0.372 e. The Morgan fingerprint density at radius 2 is 1.82 bits per heavy atom. The number of carboxylic acid groups (broad SMARTS) is 1. The van der Waals surface area contributed by atoms with E-state index in [1.807, 2.05) is 26.0 Å². The van der Waals surface area contributed by atoms with Crippen LogP contribution in [0.3, 0.4) is 0 Å². The van der Waals surface area contributed by atoms with Gasteiger partial charge < -0.3 is 34.8 Å². The number of carbonyl (C=O) groups excluding carboxylic acids is 1. The number of carboxylic acids is 1. The SMILES string of the molecule is Cc1ccc(CCC(C)CO)c2[nH]cc(C(=O)c3oc(C(=O)O)c(-c4c(CO)[nH]c5ccccc45)c3O)c12. The largest absolute Gasteiger partial charge is 0.504 e. The van der Waals surface area contributed by atoms with Crippen molar-refractivity contribution >= 4 is 33.6 Å². The maximum atomic E-state index is 13.7. The average molecular weight is 517 g/mol. The van der Waals surface area contributed by atoms with E-state index in [0.717, 1.165) is 23.1 Å². The summed E-state index contributed by atoms with van der Waals surface area (Å²) in [5.41, 5.74) is 3.82. The van der Waals surface area contributed by atoms with E-state index >= 15 is 0 Å². The van der Waals surface area contributed by atoms with Gasteiger partial charge in [-0.25, -0.2) is 4.79 Å². The van der Waals surface area contributed by atoms with Crippen LogP contribution in [-0.2, 0) is 13.0 Å². The number of carbonyl (C=O) groups is 2. The summed E-state index contributed by atoms with van der Waals surface area (Å²) in [6.45, 7) is 3.46. The van der Waals surface area contributed by atoms with E-state index in [0.29, 0.717) is 22.7 Å². The van der Waals surface area contributed by atoms with Gasteiger partial charge in [0.25, 0.3) is 0 Å². The Balaban J connectivity index is 1.66. The van der Waals surface area contributed by atoms with Crippen LogP contribution in [0.1, 0.15) is 56.8 Å². The van der Waals surface area contributed by atoms with Gasteiger partial charge >= 0.3 is 5.97 Å². The standard InChI is InChI=1S/C29H28N2O7/c1-14(12-32)7-9-16-10-8-15(2)21-18(11-30-24(16)21)25(34)28-26(35)23(27(38-28)29(36)37)22-17-5-3-4-6-19(17)31-20(22)13-33/h3-6,8,10-11,14,30-33,35H,7,9,12-13H2,1-2H3,(H,36,37). The van der Waals surface area contributed by atoms with Gasteiger partial charge in [-0.15, -0.1) is 0 Å². The highest BCUT2D eigenvalue weighted by Crippen LogP contribution is 2.44. The molecule has 0 radical (unpaired) electrons. The summed E-state index contributed by atoms with van der Waals surface area (Å²) in [6.07, 6.45) is 2.99. The van der Waals surface area contributed by atoms with Crippen molar-refractivity contribution in [2.75, 3.05) is 6.61 Å². The number of fused-ring (bicyclic) bond motifs is 2. The third kappa shape index (κ3) is 4.06. The Bertz CT molecular complexity index is 1690. The number of aromatic hydroxyl groups is 1. The molecule has 0 amide bonds. The zero-order valence-corrected chi connectivity index (χ0v) is 21.0. The molecule has 0 fully saturated rings.